The van der Waals surface area contributed by atoms with Crippen molar-refractivity contribution in [3.63, 3.8) is 0 Å². The van der Waals surface area contributed by atoms with Crippen molar-refractivity contribution in [1.82, 2.24) is 0 Å². The first kappa shape index (κ1) is 15.4. The monoisotopic (exact) mass is 373 g/mol. The maximum atomic E-state index is 12.3. The standard InChI is InChI=1S/C14H13BrClNO2S/c1-9-3-5-11(6-4-9)20(18,19)17-14-12(15)7-10(2)8-13(14)16/h3-8,17H,1-2H3. The van der Waals surface area contributed by atoms with Gasteiger partial charge in [0.05, 0.1) is 15.6 Å². The van der Waals surface area contributed by atoms with Crippen molar-refractivity contribution in [2.45, 2.75) is 18.7 Å². The predicted molar refractivity (Wildman–Crippen MR) is 85.9 cm³/mol. The summed E-state index contributed by atoms with van der Waals surface area (Å²) in [6.07, 6.45) is 0. The summed E-state index contributed by atoms with van der Waals surface area (Å²) in [5.74, 6) is 0. The van der Waals surface area contributed by atoms with Crippen LogP contribution < -0.4 is 4.72 Å². The Morgan fingerprint density at radius 3 is 2.20 bits per heavy atom. The van der Waals surface area contributed by atoms with Crippen molar-refractivity contribution in [1.29, 1.82) is 0 Å². The molecule has 20 heavy (non-hydrogen) atoms. The molecule has 0 bridgehead atoms. The Morgan fingerprint density at radius 1 is 1.05 bits per heavy atom. The fraction of sp³-hybridized carbons (Fsp3) is 0.143. The highest BCUT2D eigenvalue weighted by atomic mass is 79.9. The summed E-state index contributed by atoms with van der Waals surface area (Å²) < 4.78 is 27.7. The molecular formula is C14H13BrClNO2S. The van der Waals surface area contributed by atoms with E-state index in [9.17, 15) is 8.42 Å². The number of nitrogens with one attached hydrogen (secondary N) is 1. The highest BCUT2D eigenvalue weighted by Crippen LogP contribution is 2.33. The van der Waals surface area contributed by atoms with Gasteiger partial charge in [0.25, 0.3) is 10.0 Å². The molecule has 0 atom stereocenters. The highest BCUT2D eigenvalue weighted by molar-refractivity contribution is 9.10. The number of halogens is 2. The van der Waals surface area contributed by atoms with Crippen LogP contribution in [0.4, 0.5) is 5.69 Å². The maximum absolute atomic E-state index is 12.3. The Bertz CT molecular complexity index is 719. The van der Waals surface area contributed by atoms with Crippen LogP contribution in [0.3, 0.4) is 0 Å². The van der Waals surface area contributed by atoms with Crippen molar-refractivity contribution in [2.75, 3.05) is 4.72 Å². The van der Waals surface area contributed by atoms with Crippen LogP contribution in [0.25, 0.3) is 0 Å². The third-order valence-corrected chi connectivity index (χ3v) is 5.04. The zero-order valence-electron chi connectivity index (χ0n) is 10.9. The number of rotatable bonds is 3. The minimum atomic E-state index is -3.65. The first-order valence-electron chi connectivity index (χ1n) is 5.85. The van der Waals surface area contributed by atoms with E-state index >= 15 is 0 Å². The first-order valence-corrected chi connectivity index (χ1v) is 8.50. The zero-order valence-corrected chi connectivity index (χ0v) is 14.1. The molecule has 0 saturated heterocycles. The summed E-state index contributed by atoms with van der Waals surface area (Å²) in [6, 6.07) is 10.1. The zero-order chi connectivity index (χ0) is 14.9. The van der Waals surface area contributed by atoms with Gasteiger partial charge in [-0.15, -0.1) is 0 Å². The quantitative estimate of drug-likeness (QED) is 0.858. The normalized spacial score (nSPS) is 11.4. The van der Waals surface area contributed by atoms with Crippen LogP contribution in [0.5, 0.6) is 0 Å². The molecule has 6 heteroatoms. The Hall–Kier alpha value is -1.04. The molecule has 0 spiro atoms. The molecule has 0 radical (unpaired) electrons. The molecule has 0 fully saturated rings. The van der Waals surface area contributed by atoms with Crippen LogP contribution >= 0.6 is 27.5 Å². The van der Waals surface area contributed by atoms with Gasteiger partial charge in [-0.1, -0.05) is 29.3 Å². The summed E-state index contributed by atoms with van der Waals surface area (Å²) in [7, 11) is -3.65. The SMILES string of the molecule is Cc1ccc(S(=O)(=O)Nc2c(Cl)cc(C)cc2Br)cc1. The van der Waals surface area contributed by atoms with Gasteiger partial charge in [0.1, 0.15) is 0 Å². The van der Waals surface area contributed by atoms with Gasteiger partial charge in [0.15, 0.2) is 0 Å². The van der Waals surface area contributed by atoms with Crippen molar-refractivity contribution >= 4 is 43.2 Å². The fourth-order valence-corrected chi connectivity index (χ4v) is 4.11. The van der Waals surface area contributed by atoms with Gasteiger partial charge < -0.3 is 0 Å². The first-order chi connectivity index (χ1) is 9.29. The van der Waals surface area contributed by atoms with Crippen LogP contribution in [0.15, 0.2) is 45.8 Å². The van der Waals surface area contributed by atoms with Gasteiger partial charge >= 0.3 is 0 Å². The summed E-state index contributed by atoms with van der Waals surface area (Å²) in [5, 5.41) is 0.354. The second kappa shape index (κ2) is 5.76. The lowest BCUT2D eigenvalue weighted by Crippen LogP contribution is -2.13. The number of benzene rings is 2. The Kier molecular flexibility index (Phi) is 4.42. The van der Waals surface area contributed by atoms with E-state index in [2.05, 4.69) is 20.7 Å². The summed E-state index contributed by atoms with van der Waals surface area (Å²) >= 11 is 9.42. The van der Waals surface area contributed by atoms with Gasteiger partial charge in [0, 0.05) is 4.47 Å². The molecule has 106 valence electrons. The molecule has 2 aromatic rings. The molecule has 0 aliphatic carbocycles. The van der Waals surface area contributed by atoms with E-state index in [0.29, 0.717) is 15.2 Å². The molecule has 0 aromatic heterocycles. The lowest BCUT2D eigenvalue weighted by atomic mass is 10.2. The Labute approximate surface area is 132 Å². The van der Waals surface area contributed by atoms with Gasteiger partial charge in [-0.05, 0) is 59.6 Å². The lowest BCUT2D eigenvalue weighted by molar-refractivity contribution is 0.601. The summed E-state index contributed by atoms with van der Waals surface area (Å²) in [6.45, 7) is 3.78. The third kappa shape index (κ3) is 3.34. The van der Waals surface area contributed by atoms with Crippen molar-refractivity contribution in [3.8, 4) is 0 Å². The number of anilines is 1. The largest absolute Gasteiger partial charge is 0.277 e. The summed E-state index contributed by atoms with van der Waals surface area (Å²) in [4.78, 5) is 0.201. The highest BCUT2D eigenvalue weighted by Gasteiger charge is 2.17. The number of hydrogen-bond donors (Lipinski definition) is 1. The maximum Gasteiger partial charge on any atom is 0.261 e. The van der Waals surface area contributed by atoms with Gasteiger partial charge in [0.2, 0.25) is 0 Å². The second-order valence-electron chi connectivity index (χ2n) is 4.52. The molecule has 0 aliphatic heterocycles. The minimum absolute atomic E-state index is 0.201. The predicted octanol–water partition coefficient (Wildman–Crippen LogP) is 4.52. The van der Waals surface area contributed by atoms with Gasteiger partial charge in [-0.3, -0.25) is 4.72 Å². The molecule has 1 N–H and O–H groups in total. The van der Waals surface area contributed by atoms with E-state index in [4.69, 9.17) is 11.6 Å². The smallest absolute Gasteiger partial charge is 0.261 e. The number of sulfonamides is 1. The molecular weight excluding hydrogens is 362 g/mol. The van der Waals surface area contributed by atoms with E-state index in [0.717, 1.165) is 11.1 Å². The van der Waals surface area contributed by atoms with Gasteiger partial charge in [-0.2, -0.15) is 0 Å². The molecule has 0 saturated carbocycles. The second-order valence-corrected chi connectivity index (χ2v) is 7.47. The van der Waals surface area contributed by atoms with E-state index in [-0.39, 0.29) is 4.90 Å². The molecule has 2 rings (SSSR count). The average molecular weight is 375 g/mol. The van der Waals surface area contributed by atoms with Crippen molar-refractivity contribution < 1.29 is 8.42 Å². The number of hydrogen-bond acceptors (Lipinski definition) is 2. The third-order valence-electron chi connectivity index (χ3n) is 2.75. The van der Waals surface area contributed by atoms with Crippen molar-refractivity contribution in [2.24, 2.45) is 0 Å². The van der Waals surface area contributed by atoms with Gasteiger partial charge in [-0.25, -0.2) is 8.42 Å². The van der Waals surface area contributed by atoms with E-state index < -0.39 is 10.0 Å². The van der Waals surface area contributed by atoms with Crippen LogP contribution in [0.1, 0.15) is 11.1 Å². The molecule has 0 amide bonds. The fourth-order valence-electron chi connectivity index (χ4n) is 1.71. The Balaban J connectivity index is 2.41. The van der Waals surface area contributed by atoms with Crippen LogP contribution in [-0.2, 0) is 10.0 Å². The van der Waals surface area contributed by atoms with Crippen molar-refractivity contribution in [3.05, 3.63) is 57.0 Å². The van der Waals surface area contributed by atoms with Crippen LogP contribution in [0, 0.1) is 13.8 Å². The van der Waals surface area contributed by atoms with E-state index in [1.54, 1.807) is 36.4 Å². The van der Waals surface area contributed by atoms with E-state index in [1.165, 1.54) is 0 Å². The Morgan fingerprint density at radius 2 is 1.65 bits per heavy atom. The number of aryl methyl sites for hydroxylation is 2. The molecule has 0 aliphatic rings. The minimum Gasteiger partial charge on any atom is -0.277 e. The lowest BCUT2D eigenvalue weighted by Gasteiger charge is -2.12. The van der Waals surface area contributed by atoms with E-state index in [1.807, 2.05) is 13.8 Å². The molecule has 0 unspecified atom stereocenters. The summed E-state index contributed by atoms with van der Waals surface area (Å²) in [5.41, 5.74) is 2.29. The average Bonchev–Trinajstić information content (AvgIpc) is 2.34. The van der Waals surface area contributed by atoms with Crippen LogP contribution in [0.2, 0.25) is 5.02 Å². The molecule has 3 nitrogen and oxygen atoms in total. The molecule has 2 aromatic carbocycles. The topological polar surface area (TPSA) is 46.2 Å². The van der Waals surface area contributed by atoms with Crippen LogP contribution in [-0.4, -0.2) is 8.42 Å². The molecule has 0 heterocycles.